The molecule has 0 atom stereocenters. The first-order valence-corrected chi connectivity index (χ1v) is 11.3. The van der Waals surface area contributed by atoms with Gasteiger partial charge in [0.15, 0.2) is 0 Å². The molecule has 1 saturated heterocycles. The number of aromatic nitrogens is 1. The number of rotatable bonds is 10. The third-order valence-electron chi connectivity index (χ3n) is 5.29. The lowest BCUT2D eigenvalue weighted by Crippen LogP contribution is -2.45. The number of methoxy groups -OCH3 is 1. The third kappa shape index (κ3) is 7.01. The normalized spacial score (nSPS) is 14.6. The number of nitrogens with two attached hydrogens (primary N) is 1. The fourth-order valence-electron chi connectivity index (χ4n) is 3.32. The SMILES string of the molecule is COc1ccc(COc2nsc(NC(=O)NCCCN3CCN(C)CC3)c2C(N)=O)c(F)c1. The van der Waals surface area contributed by atoms with Crippen LogP contribution in [0.3, 0.4) is 0 Å². The summed E-state index contributed by atoms with van der Waals surface area (Å²) >= 11 is 0.866. The van der Waals surface area contributed by atoms with Crippen LogP contribution in [0, 0.1) is 5.82 Å². The van der Waals surface area contributed by atoms with Gasteiger partial charge < -0.3 is 30.3 Å². The molecule has 180 valence electrons. The molecule has 4 N–H and O–H groups in total. The van der Waals surface area contributed by atoms with Crippen molar-refractivity contribution in [2.24, 2.45) is 5.73 Å². The van der Waals surface area contributed by atoms with Crippen molar-refractivity contribution in [3.63, 3.8) is 0 Å². The maximum atomic E-state index is 14.1. The number of carbonyl (C=O) groups excluding carboxylic acids is 2. The molecule has 0 spiro atoms. The minimum absolute atomic E-state index is 0.0542. The molecule has 0 aliphatic carbocycles. The first-order chi connectivity index (χ1) is 15.9. The Morgan fingerprint density at radius 3 is 2.70 bits per heavy atom. The largest absolute Gasteiger partial charge is 0.497 e. The Kier molecular flexibility index (Phi) is 8.80. The molecule has 1 aliphatic heterocycles. The summed E-state index contributed by atoms with van der Waals surface area (Å²) in [5, 5.41) is 5.53. The fraction of sp³-hybridized carbons (Fsp3) is 0.476. The molecule has 33 heavy (non-hydrogen) atoms. The van der Waals surface area contributed by atoms with Crippen LogP contribution in [0.25, 0.3) is 0 Å². The lowest BCUT2D eigenvalue weighted by molar-refractivity contribution is 0.0996. The van der Waals surface area contributed by atoms with Crippen molar-refractivity contribution in [3.8, 4) is 11.6 Å². The molecule has 3 amide bonds. The second-order valence-corrected chi connectivity index (χ2v) is 8.45. The fourth-order valence-corrected chi connectivity index (χ4v) is 4.05. The van der Waals surface area contributed by atoms with Gasteiger partial charge in [0.2, 0.25) is 5.88 Å². The predicted octanol–water partition coefficient (Wildman–Crippen LogP) is 1.73. The molecule has 3 rings (SSSR count). The van der Waals surface area contributed by atoms with Crippen LogP contribution in [0.4, 0.5) is 14.2 Å². The van der Waals surface area contributed by atoms with Gasteiger partial charge >= 0.3 is 6.03 Å². The van der Waals surface area contributed by atoms with Crippen molar-refractivity contribution >= 4 is 28.5 Å². The monoisotopic (exact) mass is 480 g/mol. The average Bonchev–Trinajstić information content (AvgIpc) is 3.19. The van der Waals surface area contributed by atoms with Crippen molar-refractivity contribution in [2.45, 2.75) is 13.0 Å². The number of nitrogens with one attached hydrogen (secondary N) is 2. The van der Waals surface area contributed by atoms with Gasteiger partial charge in [-0.2, -0.15) is 4.37 Å². The quantitative estimate of drug-likeness (QED) is 0.443. The summed E-state index contributed by atoms with van der Waals surface area (Å²) in [6, 6.07) is 3.88. The molecular weight excluding hydrogens is 451 g/mol. The van der Waals surface area contributed by atoms with Crippen LogP contribution in [0.5, 0.6) is 11.6 Å². The van der Waals surface area contributed by atoms with Crippen LogP contribution in [0.1, 0.15) is 22.3 Å². The van der Waals surface area contributed by atoms with Crippen molar-refractivity contribution in [3.05, 3.63) is 35.1 Å². The van der Waals surface area contributed by atoms with Crippen molar-refractivity contribution in [2.75, 3.05) is 58.7 Å². The van der Waals surface area contributed by atoms with Gasteiger partial charge in [0.25, 0.3) is 5.91 Å². The summed E-state index contributed by atoms with van der Waals surface area (Å²) < 4.78 is 28.7. The van der Waals surface area contributed by atoms with E-state index in [-0.39, 0.29) is 28.6 Å². The predicted molar refractivity (Wildman–Crippen MR) is 123 cm³/mol. The van der Waals surface area contributed by atoms with Gasteiger partial charge in [-0.05, 0) is 43.7 Å². The van der Waals surface area contributed by atoms with Crippen LogP contribution >= 0.6 is 11.5 Å². The highest BCUT2D eigenvalue weighted by Crippen LogP contribution is 2.31. The number of amides is 3. The Morgan fingerprint density at radius 1 is 1.27 bits per heavy atom. The zero-order chi connectivity index (χ0) is 23.8. The summed E-state index contributed by atoms with van der Waals surface area (Å²) in [7, 11) is 3.55. The van der Waals surface area contributed by atoms with E-state index in [1.807, 2.05) is 0 Å². The van der Waals surface area contributed by atoms with Crippen LogP contribution in [-0.2, 0) is 6.61 Å². The average molecular weight is 481 g/mol. The van der Waals surface area contributed by atoms with E-state index in [0.29, 0.717) is 12.3 Å². The summed E-state index contributed by atoms with van der Waals surface area (Å²) in [5.41, 5.74) is 5.66. The van der Waals surface area contributed by atoms with Gasteiger partial charge in [-0.1, -0.05) is 0 Å². The van der Waals surface area contributed by atoms with Crippen molar-refractivity contribution in [1.82, 2.24) is 19.5 Å². The highest BCUT2D eigenvalue weighted by Gasteiger charge is 2.22. The molecule has 2 aromatic rings. The Balaban J connectivity index is 1.50. The summed E-state index contributed by atoms with van der Waals surface area (Å²) in [6.07, 6.45) is 0.810. The van der Waals surface area contributed by atoms with E-state index in [1.54, 1.807) is 6.07 Å². The van der Waals surface area contributed by atoms with Gasteiger partial charge in [0.05, 0.1) is 7.11 Å². The lowest BCUT2D eigenvalue weighted by atomic mass is 10.2. The number of carbonyl (C=O) groups is 2. The number of piperazine rings is 1. The van der Waals surface area contributed by atoms with Gasteiger partial charge in [0, 0.05) is 44.4 Å². The third-order valence-corrected chi connectivity index (χ3v) is 6.04. The zero-order valence-electron chi connectivity index (χ0n) is 18.7. The Bertz CT molecular complexity index is 964. The number of benzene rings is 1. The molecule has 1 aromatic carbocycles. The minimum atomic E-state index is -0.806. The first kappa shape index (κ1) is 24.7. The number of hydrogen-bond donors (Lipinski definition) is 3. The number of halogens is 1. The molecule has 0 radical (unpaired) electrons. The number of primary amides is 1. The summed E-state index contributed by atoms with van der Waals surface area (Å²) in [6.45, 7) is 5.36. The van der Waals surface area contributed by atoms with E-state index >= 15 is 0 Å². The van der Waals surface area contributed by atoms with E-state index in [1.165, 1.54) is 19.2 Å². The van der Waals surface area contributed by atoms with E-state index in [2.05, 4.69) is 31.9 Å². The highest BCUT2D eigenvalue weighted by molar-refractivity contribution is 7.11. The van der Waals surface area contributed by atoms with Crippen LogP contribution in [0.2, 0.25) is 0 Å². The summed E-state index contributed by atoms with van der Waals surface area (Å²) in [4.78, 5) is 28.9. The highest BCUT2D eigenvalue weighted by atomic mass is 32.1. The smallest absolute Gasteiger partial charge is 0.319 e. The molecule has 0 saturated carbocycles. The standard InChI is InChI=1S/C21H29FN6O4S/c1-27-8-10-28(11-9-27)7-3-6-24-21(30)25-20-17(18(23)29)19(26-33-20)32-13-14-4-5-15(31-2)12-16(14)22/h4-5,12H,3,6-11,13H2,1-2H3,(H2,23,29)(H2,24,25,30). The number of nitrogens with zero attached hydrogens (tertiary/aromatic N) is 3. The molecule has 1 aromatic heterocycles. The van der Waals surface area contributed by atoms with Gasteiger partial charge in [-0.25, -0.2) is 9.18 Å². The van der Waals surface area contributed by atoms with Crippen LogP contribution < -0.4 is 25.8 Å². The Morgan fingerprint density at radius 2 is 2.03 bits per heavy atom. The van der Waals surface area contributed by atoms with Crippen LogP contribution in [0.15, 0.2) is 18.2 Å². The van der Waals surface area contributed by atoms with E-state index < -0.39 is 17.8 Å². The van der Waals surface area contributed by atoms with E-state index in [9.17, 15) is 14.0 Å². The second-order valence-electron chi connectivity index (χ2n) is 7.68. The molecular formula is C21H29FN6O4S. The zero-order valence-corrected chi connectivity index (χ0v) is 19.5. The first-order valence-electron chi connectivity index (χ1n) is 10.6. The second kappa shape index (κ2) is 11.8. The number of anilines is 1. The number of ether oxygens (including phenoxy) is 2. The molecule has 1 aliphatic rings. The molecule has 1 fully saturated rings. The van der Waals surface area contributed by atoms with Crippen molar-refractivity contribution in [1.29, 1.82) is 0 Å². The number of likely N-dealkylation sites (N-methyl/N-ethyl adjacent to an activating group) is 1. The topological polar surface area (TPSA) is 122 Å². The minimum Gasteiger partial charge on any atom is -0.497 e. The Hall–Kier alpha value is -2.96. The number of urea groups is 1. The van der Waals surface area contributed by atoms with Gasteiger partial charge in [0.1, 0.15) is 28.7 Å². The lowest BCUT2D eigenvalue weighted by Gasteiger charge is -2.32. The maximum absolute atomic E-state index is 14.1. The molecule has 0 unspecified atom stereocenters. The molecule has 10 nitrogen and oxygen atoms in total. The molecule has 0 bridgehead atoms. The van der Waals surface area contributed by atoms with Crippen LogP contribution in [-0.4, -0.2) is 79.5 Å². The Labute approximate surface area is 196 Å². The summed E-state index contributed by atoms with van der Waals surface area (Å²) in [5.74, 6) is -1.00. The molecule has 2 heterocycles. The van der Waals surface area contributed by atoms with Gasteiger partial charge in [-0.3, -0.25) is 10.1 Å². The van der Waals surface area contributed by atoms with Gasteiger partial charge in [-0.15, -0.1) is 0 Å². The van der Waals surface area contributed by atoms with E-state index in [0.717, 1.165) is 50.7 Å². The molecule has 12 heteroatoms. The maximum Gasteiger partial charge on any atom is 0.319 e. The van der Waals surface area contributed by atoms with E-state index in [4.69, 9.17) is 15.2 Å². The van der Waals surface area contributed by atoms with Crippen molar-refractivity contribution < 1.29 is 23.5 Å². The number of hydrogen-bond acceptors (Lipinski definition) is 8.